The van der Waals surface area contributed by atoms with Crippen LogP contribution < -0.4 is 15.0 Å². The molecule has 5 rings (SSSR count). The van der Waals surface area contributed by atoms with Crippen LogP contribution in [-0.4, -0.2) is 60.2 Å². The van der Waals surface area contributed by atoms with Gasteiger partial charge >= 0.3 is 0 Å². The van der Waals surface area contributed by atoms with Gasteiger partial charge in [-0.05, 0) is 31.3 Å². The van der Waals surface area contributed by atoms with Crippen molar-refractivity contribution in [3.63, 3.8) is 0 Å². The van der Waals surface area contributed by atoms with Gasteiger partial charge in [-0.2, -0.15) is 0 Å². The number of H-pyrrole nitrogens is 1. The van der Waals surface area contributed by atoms with Crippen LogP contribution in [-0.2, 0) is 0 Å². The fourth-order valence-electron chi connectivity index (χ4n) is 4.02. The van der Waals surface area contributed by atoms with E-state index in [1.165, 1.54) is 5.69 Å². The van der Waals surface area contributed by atoms with Gasteiger partial charge in [-0.25, -0.2) is 9.97 Å². The molecule has 3 heterocycles. The van der Waals surface area contributed by atoms with Gasteiger partial charge in [-0.1, -0.05) is 18.2 Å². The third-order valence-electron chi connectivity index (χ3n) is 5.82. The Hall–Kier alpha value is -3.58. The molecule has 1 saturated heterocycles. The molecule has 0 atom stereocenters. The lowest BCUT2D eigenvalue weighted by molar-refractivity contribution is 0.312. The number of nitrogens with zero attached hydrogens (tertiary/aromatic N) is 4. The van der Waals surface area contributed by atoms with Crippen LogP contribution in [0.3, 0.4) is 0 Å². The number of ether oxygens (including phenoxy) is 1. The Kier molecular flexibility index (Phi) is 5.18. The molecule has 0 aliphatic carbocycles. The first-order valence-electron chi connectivity index (χ1n) is 10.5. The highest BCUT2D eigenvalue weighted by Gasteiger charge is 2.16. The Morgan fingerprint density at radius 1 is 1.03 bits per heavy atom. The fraction of sp³-hybridized carbons (Fsp3) is 0.250. The molecule has 1 fully saturated rings. The summed E-state index contributed by atoms with van der Waals surface area (Å²) in [5, 5.41) is 4.47. The summed E-state index contributed by atoms with van der Waals surface area (Å²) in [5.41, 5.74) is 5.02. The molecule has 1 aliphatic rings. The monoisotopic (exact) mass is 414 g/mol. The number of rotatable bonds is 5. The number of aromatic amines is 1. The topological polar surface area (TPSA) is 69.3 Å². The van der Waals surface area contributed by atoms with Crippen LogP contribution in [0.5, 0.6) is 5.75 Å². The number of benzene rings is 2. The summed E-state index contributed by atoms with van der Waals surface area (Å²) >= 11 is 0. The van der Waals surface area contributed by atoms with Crippen molar-refractivity contribution in [3.05, 3.63) is 60.9 Å². The molecular formula is C24H26N6O. The standard InChI is InChI=1S/C24H26N6O/c1-29-11-13-30(14-12-29)17-7-8-22(23(15-17)31-2)28-24-25-10-9-21(27-24)19-16-26-20-6-4-3-5-18(19)20/h3-10,15-16,26H,11-14H2,1-2H3,(H,25,27,28). The van der Waals surface area contributed by atoms with Crippen molar-refractivity contribution in [2.24, 2.45) is 0 Å². The number of hydrogen-bond acceptors (Lipinski definition) is 6. The summed E-state index contributed by atoms with van der Waals surface area (Å²) in [6, 6.07) is 16.4. The van der Waals surface area contributed by atoms with E-state index in [1.54, 1.807) is 13.3 Å². The Balaban J connectivity index is 1.40. The van der Waals surface area contributed by atoms with Crippen LogP contribution in [0.4, 0.5) is 17.3 Å². The molecule has 2 aromatic carbocycles. The van der Waals surface area contributed by atoms with Crippen LogP contribution in [0.15, 0.2) is 60.9 Å². The largest absolute Gasteiger partial charge is 0.494 e. The number of para-hydroxylation sites is 1. The number of anilines is 3. The normalized spacial score (nSPS) is 14.7. The first-order chi connectivity index (χ1) is 15.2. The van der Waals surface area contributed by atoms with E-state index < -0.39 is 0 Å². The highest BCUT2D eigenvalue weighted by Crippen LogP contribution is 2.33. The maximum Gasteiger partial charge on any atom is 0.227 e. The Bertz CT molecular complexity index is 1200. The summed E-state index contributed by atoms with van der Waals surface area (Å²) in [4.78, 5) is 17.2. The average Bonchev–Trinajstić information content (AvgIpc) is 3.24. The minimum absolute atomic E-state index is 0.536. The summed E-state index contributed by atoms with van der Waals surface area (Å²) in [5.74, 6) is 1.31. The first kappa shape index (κ1) is 19.4. The van der Waals surface area contributed by atoms with Crippen LogP contribution in [0, 0.1) is 0 Å². The molecule has 0 bridgehead atoms. The lowest BCUT2D eigenvalue weighted by atomic mass is 10.1. The average molecular weight is 415 g/mol. The predicted octanol–water partition coefficient (Wildman–Crippen LogP) is 4.13. The molecule has 0 radical (unpaired) electrons. The van der Waals surface area contributed by atoms with Gasteiger partial charge in [-0.15, -0.1) is 0 Å². The second kappa shape index (κ2) is 8.28. The van der Waals surface area contributed by atoms with Crippen molar-refractivity contribution in [1.29, 1.82) is 0 Å². The molecule has 2 aromatic heterocycles. The molecule has 0 unspecified atom stereocenters. The van der Waals surface area contributed by atoms with Gasteiger partial charge in [-0.3, -0.25) is 0 Å². The predicted molar refractivity (Wildman–Crippen MR) is 125 cm³/mol. The van der Waals surface area contributed by atoms with E-state index in [4.69, 9.17) is 9.72 Å². The summed E-state index contributed by atoms with van der Waals surface area (Å²) in [6.45, 7) is 4.16. The fourth-order valence-corrected chi connectivity index (χ4v) is 4.02. The number of likely N-dealkylation sites (N-methyl/N-ethyl adjacent to an activating group) is 1. The molecular weight excluding hydrogens is 388 g/mol. The molecule has 0 saturated carbocycles. The Morgan fingerprint density at radius 2 is 1.87 bits per heavy atom. The highest BCUT2D eigenvalue weighted by atomic mass is 16.5. The highest BCUT2D eigenvalue weighted by molar-refractivity contribution is 5.94. The van der Waals surface area contributed by atoms with E-state index in [1.807, 2.05) is 30.5 Å². The van der Waals surface area contributed by atoms with Crippen LogP contribution in [0.25, 0.3) is 22.2 Å². The van der Waals surface area contributed by atoms with Crippen molar-refractivity contribution in [2.75, 3.05) is 50.6 Å². The minimum Gasteiger partial charge on any atom is -0.494 e. The molecule has 2 N–H and O–H groups in total. The second-order valence-corrected chi connectivity index (χ2v) is 7.81. The van der Waals surface area contributed by atoms with Gasteiger partial charge in [0.1, 0.15) is 5.75 Å². The van der Waals surface area contributed by atoms with E-state index in [-0.39, 0.29) is 0 Å². The SMILES string of the molecule is COc1cc(N2CCN(C)CC2)ccc1Nc1nccc(-c2c[nH]c3ccccc23)n1. The number of nitrogens with one attached hydrogen (secondary N) is 2. The molecule has 0 amide bonds. The molecule has 0 spiro atoms. The van der Waals surface area contributed by atoms with Gasteiger partial charge in [0, 0.05) is 66.8 Å². The quantitative estimate of drug-likeness (QED) is 0.512. The zero-order valence-corrected chi connectivity index (χ0v) is 17.8. The maximum absolute atomic E-state index is 5.67. The second-order valence-electron chi connectivity index (χ2n) is 7.81. The first-order valence-corrected chi connectivity index (χ1v) is 10.5. The summed E-state index contributed by atoms with van der Waals surface area (Å²) in [7, 11) is 3.85. The van der Waals surface area contributed by atoms with Gasteiger partial charge in [0.2, 0.25) is 5.95 Å². The maximum atomic E-state index is 5.67. The van der Waals surface area contributed by atoms with Gasteiger partial charge in [0.25, 0.3) is 0 Å². The summed E-state index contributed by atoms with van der Waals surface area (Å²) < 4.78 is 5.67. The van der Waals surface area contributed by atoms with Gasteiger partial charge in [0.05, 0.1) is 18.5 Å². The van der Waals surface area contributed by atoms with E-state index in [0.29, 0.717) is 5.95 Å². The number of fused-ring (bicyclic) bond motifs is 1. The zero-order chi connectivity index (χ0) is 21.2. The number of methoxy groups -OCH3 is 1. The van der Waals surface area contributed by atoms with E-state index >= 15 is 0 Å². The van der Waals surface area contributed by atoms with Crippen molar-refractivity contribution in [2.45, 2.75) is 0 Å². The van der Waals surface area contributed by atoms with Crippen LogP contribution in [0.1, 0.15) is 0 Å². The van der Waals surface area contributed by atoms with E-state index in [9.17, 15) is 0 Å². The smallest absolute Gasteiger partial charge is 0.227 e. The van der Waals surface area contributed by atoms with Crippen molar-refractivity contribution < 1.29 is 4.74 Å². The van der Waals surface area contributed by atoms with E-state index in [2.05, 4.69) is 56.4 Å². The third-order valence-corrected chi connectivity index (χ3v) is 5.82. The minimum atomic E-state index is 0.536. The number of aromatic nitrogens is 3. The number of piperazine rings is 1. The summed E-state index contributed by atoms with van der Waals surface area (Å²) in [6.07, 6.45) is 3.76. The lowest BCUT2D eigenvalue weighted by Gasteiger charge is -2.34. The molecule has 158 valence electrons. The zero-order valence-electron chi connectivity index (χ0n) is 17.8. The molecule has 7 heteroatoms. The van der Waals surface area contributed by atoms with Gasteiger partial charge < -0.3 is 24.8 Å². The van der Waals surface area contributed by atoms with E-state index in [0.717, 1.165) is 59.8 Å². The molecule has 1 aliphatic heterocycles. The Morgan fingerprint density at radius 3 is 2.71 bits per heavy atom. The molecule has 4 aromatic rings. The van der Waals surface area contributed by atoms with Crippen molar-refractivity contribution in [1.82, 2.24) is 19.9 Å². The molecule has 31 heavy (non-hydrogen) atoms. The Labute approximate surface area is 181 Å². The number of hydrogen-bond donors (Lipinski definition) is 2. The van der Waals surface area contributed by atoms with Gasteiger partial charge in [0.15, 0.2) is 0 Å². The van der Waals surface area contributed by atoms with Crippen LogP contribution >= 0.6 is 0 Å². The lowest BCUT2D eigenvalue weighted by Crippen LogP contribution is -2.44. The molecule has 7 nitrogen and oxygen atoms in total. The third kappa shape index (κ3) is 3.92. The van der Waals surface area contributed by atoms with Crippen molar-refractivity contribution >= 4 is 28.2 Å². The van der Waals surface area contributed by atoms with Crippen molar-refractivity contribution in [3.8, 4) is 17.0 Å². The van der Waals surface area contributed by atoms with Crippen LogP contribution in [0.2, 0.25) is 0 Å².